The minimum Gasteiger partial charge on any atom is -0.393 e. The van der Waals surface area contributed by atoms with Crippen LogP contribution in [-0.2, 0) is 43.4 Å². The number of hydrogen-bond donors (Lipinski definition) is 8. The van der Waals surface area contributed by atoms with Crippen LogP contribution in [0.1, 0.15) is 33.4 Å². The lowest BCUT2D eigenvalue weighted by atomic mass is 9.83. The summed E-state index contributed by atoms with van der Waals surface area (Å²) < 4.78 is 51.8. The maximum Gasteiger partial charge on any atom is 0.225 e. The Morgan fingerprint density at radius 2 is 0.893 bits per heavy atom. The number of halogens is 4. The highest BCUT2D eigenvalue weighted by Gasteiger charge is 2.68. The van der Waals surface area contributed by atoms with Crippen LogP contribution in [0, 0.1) is 11.6 Å². The predicted octanol–water partition coefficient (Wildman–Crippen LogP) is 2.19. The summed E-state index contributed by atoms with van der Waals surface area (Å²) in [5, 5.41) is 82.7. The van der Waals surface area contributed by atoms with E-state index < -0.39 is 84.2 Å². The molecule has 4 aromatic carbocycles. The topological polar surface area (TPSA) is 199 Å². The third-order valence-corrected chi connectivity index (χ3v) is 11.5. The van der Waals surface area contributed by atoms with Gasteiger partial charge in [0.15, 0.2) is 0 Å². The molecule has 4 aromatic rings. The SMILES string of the molecule is OC[C@@]12CO[C@@](c3ccc(F)c(Cc4ccc(Cl)cc4)c3)(O1)[C@@H](O)[C@@H](O)[C@@H]2O.OC[C@@]12CO[C@@](c3ccc(F)c(Cc4ccc(Cl)cc4)c3)(O1)[C@H](O)[C@@H](O)[C@@H]2O. The molecular weight excluding hydrogens is 781 g/mol. The van der Waals surface area contributed by atoms with Gasteiger partial charge in [-0.2, -0.15) is 0 Å². The first-order valence-corrected chi connectivity index (χ1v) is 18.4. The molecule has 12 nitrogen and oxygen atoms in total. The first-order chi connectivity index (χ1) is 26.6. The van der Waals surface area contributed by atoms with Gasteiger partial charge in [0.1, 0.15) is 59.5 Å². The average Bonchev–Trinajstić information content (AvgIpc) is 3.79. The number of hydrogen-bond acceptors (Lipinski definition) is 12. The lowest BCUT2D eigenvalue weighted by Gasteiger charge is -2.46. The Kier molecular flexibility index (Phi) is 11.4. The minimum atomic E-state index is -1.82. The number of rotatable bonds is 8. The molecule has 10 atom stereocenters. The van der Waals surface area contributed by atoms with E-state index in [1.807, 2.05) is 0 Å². The highest BCUT2D eigenvalue weighted by Crippen LogP contribution is 2.51. The van der Waals surface area contributed by atoms with Crippen LogP contribution >= 0.6 is 23.2 Å². The van der Waals surface area contributed by atoms with Crippen molar-refractivity contribution in [3.05, 3.63) is 140 Å². The van der Waals surface area contributed by atoms with Crippen LogP contribution in [0.4, 0.5) is 8.78 Å². The van der Waals surface area contributed by atoms with Crippen LogP contribution in [0.2, 0.25) is 10.0 Å². The third kappa shape index (κ3) is 6.95. The van der Waals surface area contributed by atoms with Crippen molar-refractivity contribution < 1.29 is 68.6 Å². The summed E-state index contributed by atoms with van der Waals surface area (Å²) in [6.07, 6.45) is -8.99. The molecule has 8 rings (SSSR count). The van der Waals surface area contributed by atoms with Crippen molar-refractivity contribution in [3.63, 3.8) is 0 Å². The largest absolute Gasteiger partial charge is 0.393 e. The summed E-state index contributed by atoms with van der Waals surface area (Å²) in [6.45, 7) is -1.69. The molecule has 0 aliphatic carbocycles. The Hall–Kier alpha value is -3.16. The van der Waals surface area contributed by atoms with E-state index in [2.05, 4.69) is 0 Å². The second-order valence-electron chi connectivity index (χ2n) is 14.5. The van der Waals surface area contributed by atoms with Crippen LogP contribution in [-0.4, -0.2) is 115 Å². The lowest BCUT2D eigenvalue weighted by Crippen LogP contribution is -2.65. The van der Waals surface area contributed by atoms with Crippen molar-refractivity contribution >= 4 is 23.2 Å². The summed E-state index contributed by atoms with van der Waals surface area (Å²) in [7, 11) is 0. The van der Waals surface area contributed by atoms with Crippen molar-refractivity contribution in [2.24, 2.45) is 0 Å². The highest BCUT2D eigenvalue weighted by atomic mass is 35.5. The molecule has 4 heterocycles. The molecule has 56 heavy (non-hydrogen) atoms. The molecule has 300 valence electrons. The van der Waals surface area contributed by atoms with E-state index in [1.165, 1.54) is 36.4 Å². The van der Waals surface area contributed by atoms with Crippen LogP contribution in [0.3, 0.4) is 0 Å². The molecule has 0 saturated carbocycles. The van der Waals surface area contributed by atoms with Gasteiger partial charge < -0.3 is 59.8 Å². The molecular formula is C40H40Cl2F2O12. The van der Waals surface area contributed by atoms with Crippen LogP contribution in [0.5, 0.6) is 0 Å². The Balaban J connectivity index is 0.000000172. The quantitative estimate of drug-likeness (QED) is 0.129. The first-order valence-electron chi connectivity index (χ1n) is 17.7. The highest BCUT2D eigenvalue weighted by molar-refractivity contribution is 6.30. The summed E-state index contributed by atoms with van der Waals surface area (Å²) in [6, 6.07) is 22.2. The number of aliphatic hydroxyl groups is 8. The fourth-order valence-corrected chi connectivity index (χ4v) is 7.90. The fraction of sp³-hybridized carbons (Fsp3) is 0.400. The molecule has 4 aliphatic heterocycles. The van der Waals surface area contributed by atoms with Crippen molar-refractivity contribution in [2.45, 2.75) is 72.2 Å². The van der Waals surface area contributed by atoms with Crippen molar-refractivity contribution in [1.29, 1.82) is 0 Å². The van der Waals surface area contributed by atoms with E-state index >= 15 is 0 Å². The van der Waals surface area contributed by atoms with E-state index in [-0.39, 0.29) is 37.2 Å². The fourth-order valence-electron chi connectivity index (χ4n) is 7.65. The molecule has 4 bridgehead atoms. The normalized spacial score (nSPS) is 34.6. The molecule has 4 aliphatic rings. The molecule has 16 heteroatoms. The van der Waals surface area contributed by atoms with E-state index in [0.717, 1.165) is 11.1 Å². The standard InChI is InChI=1S/2C20H20ClFO6/c2*21-14-4-1-11(2-5-14)7-12-8-13(3-6-15(12)22)20-18(26)16(24)17(25)19(9-23,28-20)10-27-20/h2*1-6,8,16-18,23-26H,7,9-10H2/t16-,17-,18+,19-,20-;16-,17-,18-,19-,20-/m00/s1. The zero-order chi connectivity index (χ0) is 40.2. The number of aliphatic hydroxyl groups excluding tert-OH is 8. The van der Waals surface area contributed by atoms with E-state index in [9.17, 15) is 49.6 Å². The Morgan fingerprint density at radius 1 is 0.536 bits per heavy atom. The molecule has 4 fully saturated rings. The van der Waals surface area contributed by atoms with Crippen molar-refractivity contribution in [3.8, 4) is 0 Å². The zero-order valence-corrected chi connectivity index (χ0v) is 31.0. The molecule has 4 saturated heterocycles. The van der Waals surface area contributed by atoms with Crippen molar-refractivity contribution in [2.75, 3.05) is 26.4 Å². The van der Waals surface area contributed by atoms with Crippen molar-refractivity contribution in [1.82, 2.24) is 0 Å². The average molecular weight is 822 g/mol. The smallest absolute Gasteiger partial charge is 0.225 e. The second kappa shape index (κ2) is 15.5. The summed E-state index contributed by atoms with van der Waals surface area (Å²) in [5.41, 5.74) is -0.247. The van der Waals surface area contributed by atoms with Gasteiger partial charge in [-0.15, -0.1) is 0 Å². The van der Waals surface area contributed by atoms with E-state index in [1.54, 1.807) is 48.5 Å². The number of benzene rings is 4. The summed E-state index contributed by atoms with van der Waals surface area (Å²) in [4.78, 5) is 0. The van der Waals surface area contributed by atoms with Gasteiger partial charge in [-0.3, -0.25) is 0 Å². The Bertz CT molecular complexity index is 1900. The van der Waals surface area contributed by atoms with Crippen LogP contribution in [0.25, 0.3) is 0 Å². The Labute approximate surface area is 329 Å². The van der Waals surface area contributed by atoms with Gasteiger partial charge >= 0.3 is 0 Å². The maximum atomic E-state index is 14.4. The maximum absolute atomic E-state index is 14.4. The third-order valence-electron chi connectivity index (χ3n) is 11.0. The molecule has 0 aromatic heterocycles. The van der Waals surface area contributed by atoms with Gasteiger partial charge in [0.05, 0.1) is 26.4 Å². The lowest BCUT2D eigenvalue weighted by molar-refractivity contribution is -0.329. The first kappa shape index (κ1) is 41.0. The van der Waals surface area contributed by atoms with E-state index in [0.29, 0.717) is 21.2 Å². The van der Waals surface area contributed by atoms with Gasteiger partial charge in [-0.05, 0) is 70.8 Å². The van der Waals surface area contributed by atoms with Gasteiger partial charge in [0, 0.05) is 34.0 Å². The molecule has 8 N–H and O–H groups in total. The Morgan fingerprint density at radius 3 is 1.23 bits per heavy atom. The summed E-state index contributed by atoms with van der Waals surface area (Å²) >= 11 is 11.8. The van der Waals surface area contributed by atoms with Gasteiger partial charge in [-0.25, -0.2) is 8.78 Å². The minimum absolute atomic E-state index is 0.233. The van der Waals surface area contributed by atoms with Crippen LogP contribution < -0.4 is 0 Å². The predicted molar refractivity (Wildman–Crippen MR) is 194 cm³/mol. The van der Waals surface area contributed by atoms with Gasteiger partial charge in [0.25, 0.3) is 0 Å². The second-order valence-corrected chi connectivity index (χ2v) is 15.4. The molecule has 0 spiro atoms. The van der Waals surface area contributed by atoms with Gasteiger partial charge in [-0.1, -0.05) is 59.6 Å². The van der Waals surface area contributed by atoms with Gasteiger partial charge in [0.2, 0.25) is 11.6 Å². The molecule has 0 radical (unpaired) electrons. The molecule has 0 unspecified atom stereocenters. The van der Waals surface area contributed by atoms with E-state index in [4.69, 9.17) is 42.1 Å². The molecule has 0 amide bonds. The van der Waals surface area contributed by atoms with Crippen LogP contribution in [0.15, 0.2) is 84.9 Å². The zero-order valence-electron chi connectivity index (χ0n) is 29.5. The summed E-state index contributed by atoms with van der Waals surface area (Å²) in [5.74, 6) is -4.53. The monoisotopic (exact) mass is 820 g/mol. The number of ether oxygens (including phenoxy) is 4. The number of fused-ring (bicyclic) bond motifs is 4.